The first kappa shape index (κ1) is 17.4. The highest BCUT2D eigenvalue weighted by molar-refractivity contribution is 6.33. The van der Waals surface area contributed by atoms with Gasteiger partial charge in [-0.25, -0.2) is 5.43 Å². The van der Waals surface area contributed by atoms with Crippen LogP contribution in [0, 0.1) is 6.92 Å². The van der Waals surface area contributed by atoms with E-state index in [9.17, 15) is 0 Å². The van der Waals surface area contributed by atoms with E-state index < -0.39 is 0 Å². The van der Waals surface area contributed by atoms with E-state index in [-0.39, 0.29) is 5.95 Å². The van der Waals surface area contributed by atoms with Crippen LogP contribution in [0.15, 0.2) is 64.1 Å². The topological polar surface area (TPSA) is 92.0 Å². The molecule has 0 atom stereocenters. The fourth-order valence-electron chi connectivity index (χ4n) is 3.11. The Bertz CT molecular complexity index is 1370. The number of benzene rings is 2. The molecule has 5 rings (SSSR count). The largest absolute Gasteiger partial charge is 0.455 e. The minimum absolute atomic E-state index is 0.287. The van der Waals surface area contributed by atoms with Gasteiger partial charge in [0, 0.05) is 16.5 Å². The van der Waals surface area contributed by atoms with Gasteiger partial charge in [-0.15, -0.1) is 10.2 Å². The molecule has 0 saturated heterocycles. The molecule has 142 valence electrons. The number of H-pyrrole nitrogens is 1. The molecule has 2 N–H and O–H groups in total. The number of aryl methyl sites for hydroxylation is 1. The molecule has 0 spiro atoms. The molecule has 0 aliphatic rings. The Labute approximate surface area is 170 Å². The Morgan fingerprint density at radius 1 is 1.10 bits per heavy atom. The molecular formula is C21H15ClN6O. The quantitative estimate of drug-likeness (QED) is 0.319. The van der Waals surface area contributed by atoms with Crippen LogP contribution in [0.1, 0.15) is 11.3 Å². The highest BCUT2D eigenvalue weighted by atomic mass is 35.5. The molecule has 0 unspecified atom stereocenters. The summed E-state index contributed by atoms with van der Waals surface area (Å²) in [4.78, 5) is 7.68. The summed E-state index contributed by atoms with van der Waals surface area (Å²) in [6.45, 7) is 2.04. The average molecular weight is 403 g/mol. The molecule has 3 heterocycles. The van der Waals surface area contributed by atoms with E-state index in [4.69, 9.17) is 16.0 Å². The number of aromatic nitrogens is 4. The van der Waals surface area contributed by atoms with Gasteiger partial charge in [-0.1, -0.05) is 35.4 Å². The van der Waals surface area contributed by atoms with Gasteiger partial charge in [0.2, 0.25) is 0 Å². The van der Waals surface area contributed by atoms with Crippen molar-refractivity contribution in [1.29, 1.82) is 0 Å². The third-order valence-corrected chi connectivity index (χ3v) is 4.82. The van der Waals surface area contributed by atoms with Crippen molar-refractivity contribution < 1.29 is 4.42 Å². The van der Waals surface area contributed by atoms with Crippen molar-refractivity contribution in [2.24, 2.45) is 5.10 Å². The zero-order valence-electron chi connectivity index (χ0n) is 15.3. The lowest BCUT2D eigenvalue weighted by Gasteiger charge is -1.99. The van der Waals surface area contributed by atoms with Crippen molar-refractivity contribution in [3.8, 4) is 11.3 Å². The lowest BCUT2D eigenvalue weighted by molar-refractivity contribution is 0.575. The monoisotopic (exact) mass is 402 g/mol. The van der Waals surface area contributed by atoms with Crippen LogP contribution in [-0.2, 0) is 0 Å². The van der Waals surface area contributed by atoms with Gasteiger partial charge in [0.25, 0.3) is 5.95 Å². The number of aromatic amines is 1. The summed E-state index contributed by atoms with van der Waals surface area (Å²) in [5.74, 6) is 1.53. The number of fused-ring (bicyclic) bond motifs is 3. The Morgan fingerprint density at radius 3 is 2.90 bits per heavy atom. The molecule has 5 aromatic rings. The summed E-state index contributed by atoms with van der Waals surface area (Å²) in [5.41, 5.74) is 7.11. The van der Waals surface area contributed by atoms with Crippen LogP contribution in [0.25, 0.3) is 33.4 Å². The molecule has 0 radical (unpaired) electrons. The van der Waals surface area contributed by atoms with Crippen LogP contribution in [0.3, 0.4) is 0 Å². The zero-order valence-corrected chi connectivity index (χ0v) is 16.1. The predicted molar refractivity (Wildman–Crippen MR) is 114 cm³/mol. The number of furan rings is 1. The number of halogens is 1. The Hall–Kier alpha value is -3.71. The van der Waals surface area contributed by atoms with Crippen LogP contribution in [0.5, 0.6) is 0 Å². The van der Waals surface area contributed by atoms with E-state index >= 15 is 0 Å². The van der Waals surface area contributed by atoms with Gasteiger partial charge in [-0.3, -0.25) is 0 Å². The summed E-state index contributed by atoms with van der Waals surface area (Å²) < 4.78 is 5.77. The van der Waals surface area contributed by atoms with Crippen LogP contribution >= 0.6 is 11.6 Å². The Morgan fingerprint density at radius 2 is 2.00 bits per heavy atom. The first-order valence-corrected chi connectivity index (χ1v) is 9.32. The molecule has 0 aliphatic carbocycles. The summed E-state index contributed by atoms with van der Waals surface area (Å²) in [6, 6.07) is 17.3. The second kappa shape index (κ2) is 7.03. The van der Waals surface area contributed by atoms with E-state index in [1.165, 1.54) is 0 Å². The van der Waals surface area contributed by atoms with Gasteiger partial charge in [-0.2, -0.15) is 10.1 Å². The number of rotatable bonds is 4. The van der Waals surface area contributed by atoms with Gasteiger partial charge in [-0.05, 0) is 43.3 Å². The van der Waals surface area contributed by atoms with Crippen molar-refractivity contribution >= 4 is 45.8 Å². The van der Waals surface area contributed by atoms with Crippen LogP contribution < -0.4 is 5.43 Å². The van der Waals surface area contributed by atoms with E-state index in [0.29, 0.717) is 22.2 Å². The van der Waals surface area contributed by atoms with Crippen molar-refractivity contribution in [2.75, 3.05) is 5.43 Å². The van der Waals surface area contributed by atoms with E-state index in [0.717, 1.165) is 27.5 Å². The molecule has 3 aromatic heterocycles. The second-order valence-electron chi connectivity index (χ2n) is 6.56. The Kier molecular flexibility index (Phi) is 4.22. The van der Waals surface area contributed by atoms with Crippen LogP contribution in [0.4, 0.5) is 5.95 Å². The SMILES string of the molecule is Cc1ccc2[nH]c3nc(N/N=C\c4ccc(-c5ccccc5Cl)o4)nnc3c2c1. The first-order chi connectivity index (χ1) is 14.2. The first-order valence-electron chi connectivity index (χ1n) is 8.94. The van der Waals surface area contributed by atoms with Crippen molar-refractivity contribution in [3.05, 3.63) is 70.9 Å². The highest BCUT2D eigenvalue weighted by Gasteiger charge is 2.09. The fraction of sp³-hybridized carbons (Fsp3) is 0.0476. The predicted octanol–water partition coefficient (Wildman–Crippen LogP) is 5.17. The standard InChI is InChI=1S/C21H15ClN6O/c1-12-6-8-17-15(10-12)19-20(24-17)25-21(28-26-19)27-23-11-13-7-9-18(29-13)14-4-2-3-5-16(14)22/h2-11H,1H3,(H2,24,25,27,28)/b23-11-. The third-order valence-electron chi connectivity index (χ3n) is 4.49. The number of hydrogen-bond donors (Lipinski definition) is 2. The number of nitrogens with zero attached hydrogens (tertiary/aromatic N) is 4. The van der Waals surface area contributed by atoms with Gasteiger partial charge in [0.15, 0.2) is 5.65 Å². The highest BCUT2D eigenvalue weighted by Crippen LogP contribution is 2.28. The molecule has 29 heavy (non-hydrogen) atoms. The second-order valence-corrected chi connectivity index (χ2v) is 6.97. The summed E-state index contributed by atoms with van der Waals surface area (Å²) >= 11 is 6.21. The maximum absolute atomic E-state index is 6.21. The average Bonchev–Trinajstić information content (AvgIpc) is 3.32. The molecule has 7 nitrogen and oxygen atoms in total. The van der Waals surface area contributed by atoms with E-state index in [1.54, 1.807) is 6.21 Å². The Balaban J connectivity index is 1.36. The minimum Gasteiger partial charge on any atom is -0.455 e. The molecule has 8 heteroatoms. The molecule has 0 amide bonds. The maximum atomic E-state index is 6.21. The van der Waals surface area contributed by atoms with Crippen molar-refractivity contribution in [2.45, 2.75) is 6.92 Å². The van der Waals surface area contributed by atoms with Gasteiger partial charge in [0.1, 0.15) is 17.0 Å². The fourth-order valence-corrected chi connectivity index (χ4v) is 3.34. The summed E-state index contributed by atoms with van der Waals surface area (Å²) in [5, 5.41) is 14.1. The molecule has 2 aromatic carbocycles. The molecule has 0 aliphatic heterocycles. The van der Waals surface area contributed by atoms with E-state index in [2.05, 4.69) is 36.8 Å². The van der Waals surface area contributed by atoms with Crippen molar-refractivity contribution in [1.82, 2.24) is 20.2 Å². The molecular weight excluding hydrogens is 388 g/mol. The van der Waals surface area contributed by atoms with Crippen LogP contribution in [-0.4, -0.2) is 26.4 Å². The normalized spacial score (nSPS) is 11.7. The molecule has 0 fully saturated rings. The van der Waals surface area contributed by atoms with E-state index in [1.807, 2.05) is 55.5 Å². The molecule has 0 saturated carbocycles. The van der Waals surface area contributed by atoms with Crippen LogP contribution in [0.2, 0.25) is 5.02 Å². The minimum atomic E-state index is 0.287. The lowest BCUT2D eigenvalue weighted by Crippen LogP contribution is -1.98. The maximum Gasteiger partial charge on any atom is 0.265 e. The molecule has 0 bridgehead atoms. The lowest BCUT2D eigenvalue weighted by atomic mass is 10.2. The third kappa shape index (κ3) is 3.32. The smallest absolute Gasteiger partial charge is 0.265 e. The number of hydrazone groups is 1. The summed E-state index contributed by atoms with van der Waals surface area (Å²) in [7, 11) is 0. The number of hydrogen-bond acceptors (Lipinski definition) is 6. The number of nitrogens with one attached hydrogen (secondary N) is 2. The van der Waals surface area contributed by atoms with Gasteiger partial charge < -0.3 is 9.40 Å². The van der Waals surface area contributed by atoms with Gasteiger partial charge in [0.05, 0.1) is 11.2 Å². The summed E-state index contributed by atoms with van der Waals surface area (Å²) in [6.07, 6.45) is 1.54. The van der Waals surface area contributed by atoms with Gasteiger partial charge >= 0.3 is 0 Å². The van der Waals surface area contributed by atoms with Crippen molar-refractivity contribution in [3.63, 3.8) is 0 Å². The zero-order chi connectivity index (χ0) is 19.8. The number of anilines is 1.